The quantitative estimate of drug-likeness (QED) is 0.820. The van der Waals surface area contributed by atoms with Gasteiger partial charge in [-0.3, -0.25) is 4.90 Å². The summed E-state index contributed by atoms with van der Waals surface area (Å²) in [7, 11) is 0. The topological polar surface area (TPSA) is 23.5 Å². The highest BCUT2D eigenvalue weighted by Gasteiger charge is 2.36. The maximum absolute atomic E-state index is 10.1. The van der Waals surface area contributed by atoms with Crippen molar-refractivity contribution in [3.05, 3.63) is 0 Å². The molecule has 0 aromatic rings. The van der Waals surface area contributed by atoms with Crippen LogP contribution in [-0.2, 0) is 0 Å². The van der Waals surface area contributed by atoms with Gasteiger partial charge in [0.05, 0.1) is 6.10 Å². The van der Waals surface area contributed by atoms with Gasteiger partial charge >= 0.3 is 0 Å². The molecule has 0 spiro atoms. The number of thioether (sulfide) groups is 1. The first-order valence-electron chi connectivity index (χ1n) is 6.74. The fraction of sp³-hybridized carbons (Fsp3) is 1.00. The van der Waals surface area contributed by atoms with Gasteiger partial charge < -0.3 is 5.11 Å². The van der Waals surface area contributed by atoms with Crippen LogP contribution in [0, 0.1) is 5.92 Å². The van der Waals surface area contributed by atoms with E-state index in [1.165, 1.54) is 50.9 Å². The largest absolute Gasteiger partial charge is 0.393 e. The molecule has 94 valence electrons. The second-order valence-electron chi connectivity index (χ2n) is 5.25. The minimum atomic E-state index is -0.0198. The predicted molar refractivity (Wildman–Crippen MR) is 70.9 cm³/mol. The number of hydrogen-bond acceptors (Lipinski definition) is 3. The summed E-state index contributed by atoms with van der Waals surface area (Å²) in [6, 6.07) is 0.683. The van der Waals surface area contributed by atoms with E-state index in [0.717, 1.165) is 6.42 Å². The Balaban J connectivity index is 1.90. The highest BCUT2D eigenvalue weighted by molar-refractivity contribution is 7.98. The van der Waals surface area contributed by atoms with Gasteiger partial charge in [-0.25, -0.2) is 0 Å². The Morgan fingerprint density at radius 2 is 2.00 bits per heavy atom. The van der Waals surface area contributed by atoms with Crippen molar-refractivity contribution < 1.29 is 5.11 Å². The van der Waals surface area contributed by atoms with Crippen molar-refractivity contribution in [3.8, 4) is 0 Å². The number of rotatable bonds is 4. The second kappa shape index (κ2) is 6.27. The number of likely N-dealkylation sites (tertiary alicyclic amines) is 1. The Kier molecular flexibility index (Phi) is 4.98. The van der Waals surface area contributed by atoms with E-state index in [0.29, 0.717) is 12.0 Å². The van der Waals surface area contributed by atoms with E-state index in [1.807, 2.05) is 11.8 Å². The normalized spacial score (nSPS) is 36.8. The van der Waals surface area contributed by atoms with Gasteiger partial charge in [-0.15, -0.1) is 0 Å². The van der Waals surface area contributed by atoms with Crippen molar-refractivity contribution >= 4 is 11.8 Å². The maximum atomic E-state index is 10.1. The van der Waals surface area contributed by atoms with Crippen LogP contribution in [0.2, 0.25) is 0 Å². The van der Waals surface area contributed by atoms with Crippen molar-refractivity contribution in [2.45, 2.75) is 50.7 Å². The highest BCUT2D eigenvalue weighted by atomic mass is 32.2. The van der Waals surface area contributed by atoms with E-state index >= 15 is 0 Å². The Labute approximate surface area is 104 Å². The monoisotopic (exact) mass is 243 g/mol. The molecule has 0 aromatic carbocycles. The molecule has 0 amide bonds. The SMILES string of the molecule is CSCCN1CCCC1C1CCCCC1O. The number of aliphatic hydroxyl groups is 1. The minimum absolute atomic E-state index is 0.0198. The lowest BCUT2D eigenvalue weighted by Crippen LogP contribution is -2.43. The van der Waals surface area contributed by atoms with Gasteiger partial charge in [-0.2, -0.15) is 11.8 Å². The van der Waals surface area contributed by atoms with Crippen molar-refractivity contribution in [1.82, 2.24) is 4.90 Å². The van der Waals surface area contributed by atoms with Crippen LogP contribution in [-0.4, -0.2) is 47.3 Å². The van der Waals surface area contributed by atoms with E-state index in [9.17, 15) is 5.11 Å². The highest BCUT2D eigenvalue weighted by Crippen LogP contribution is 2.34. The zero-order valence-corrected chi connectivity index (χ0v) is 11.2. The van der Waals surface area contributed by atoms with Gasteiger partial charge in [0.1, 0.15) is 0 Å². The summed E-state index contributed by atoms with van der Waals surface area (Å²) in [5, 5.41) is 10.1. The fourth-order valence-electron chi connectivity index (χ4n) is 3.41. The summed E-state index contributed by atoms with van der Waals surface area (Å²) in [5.41, 5.74) is 0. The second-order valence-corrected chi connectivity index (χ2v) is 6.24. The van der Waals surface area contributed by atoms with E-state index < -0.39 is 0 Å². The third-order valence-electron chi connectivity index (χ3n) is 4.27. The molecular weight excluding hydrogens is 218 g/mol. The molecule has 1 saturated carbocycles. The molecule has 2 rings (SSSR count). The van der Waals surface area contributed by atoms with Crippen LogP contribution in [0.5, 0.6) is 0 Å². The molecule has 3 unspecified atom stereocenters. The van der Waals surface area contributed by atoms with Gasteiger partial charge in [0, 0.05) is 24.3 Å². The average molecular weight is 243 g/mol. The molecule has 3 heteroatoms. The van der Waals surface area contributed by atoms with Gasteiger partial charge in [0.25, 0.3) is 0 Å². The summed E-state index contributed by atoms with van der Waals surface area (Å²) >= 11 is 1.93. The van der Waals surface area contributed by atoms with Gasteiger partial charge in [-0.1, -0.05) is 12.8 Å². The van der Waals surface area contributed by atoms with Crippen LogP contribution in [0.25, 0.3) is 0 Å². The van der Waals surface area contributed by atoms with Gasteiger partial charge in [0.2, 0.25) is 0 Å². The van der Waals surface area contributed by atoms with Gasteiger partial charge in [-0.05, 0) is 38.5 Å². The third-order valence-corrected chi connectivity index (χ3v) is 4.86. The molecule has 1 aliphatic carbocycles. The zero-order valence-electron chi connectivity index (χ0n) is 10.4. The standard InChI is InChI=1S/C13H25NOS/c1-16-10-9-14-8-4-6-12(14)11-5-2-3-7-13(11)15/h11-13,15H,2-10H2,1H3. The molecule has 1 heterocycles. The molecule has 0 bridgehead atoms. The van der Waals surface area contributed by atoms with Crippen LogP contribution < -0.4 is 0 Å². The molecule has 0 radical (unpaired) electrons. The van der Waals surface area contributed by atoms with E-state index in [4.69, 9.17) is 0 Å². The first kappa shape index (κ1) is 12.7. The molecular formula is C13H25NOS. The fourth-order valence-corrected chi connectivity index (χ4v) is 3.83. The molecule has 2 aliphatic rings. The first-order chi connectivity index (χ1) is 7.83. The van der Waals surface area contributed by atoms with Crippen LogP contribution in [0.1, 0.15) is 38.5 Å². The Morgan fingerprint density at radius 1 is 1.19 bits per heavy atom. The number of nitrogens with zero attached hydrogens (tertiary/aromatic N) is 1. The minimum Gasteiger partial charge on any atom is -0.393 e. The Bertz CT molecular complexity index is 212. The van der Waals surface area contributed by atoms with Gasteiger partial charge in [0.15, 0.2) is 0 Å². The molecule has 3 atom stereocenters. The molecule has 2 nitrogen and oxygen atoms in total. The molecule has 0 aromatic heterocycles. The molecule has 1 N–H and O–H groups in total. The predicted octanol–water partition coefficient (Wildman–Crippen LogP) is 2.36. The van der Waals surface area contributed by atoms with Crippen LogP contribution >= 0.6 is 11.8 Å². The summed E-state index contributed by atoms with van der Waals surface area (Å²) in [6.07, 6.45) is 9.66. The Morgan fingerprint density at radius 3 is 2.75 bits per heavy atom. The maximum Gasteiger partial charge on any atom is 0.0583 e. The summed E-state index contributed by atoms with van der Waals surface area (Å²) in [5.74, 6) is 1.80. The van der Waals surface area contributed by atoms with Crippen LogP contribution in [0.3, 0.4) is 0 Å². The van der Waals surface area contributed by atoms with Crippen LogP contribution in [0.4, 0.5) is 0 Å². The number of aliphatic hydroxyl groups excluding tert-OH is 1. The van der Waals surface area contributed by atoms with Crippen molar-refractivity contribution in [3.63, 3.8) is 0 Å². The third kappa shape index (κ3) is 2.93. The average Bonchev–Trinajstić information content (AvgIpc) is 2.75. The van der Waals surface area contributed by atoms with Crippen molar-refractivity contribution in [2.75, 3.05) is 25.1 Å². The summed E-state index contributed by atoms with van der Waals surface area (Å²) in [6.45, 7) is 2.48. The van der Waals surface area contributed by atoms with Crippen LogP contribution in [0.15, 0.2) is 0 Å². The molecule has 2 fully saturated rings. The van der Waals surface area contributed by atoms with E-state index in [2.05, 4.69) is 11.2 Å². The summed E-state index contributed by atoms with van der Waals surface area (Å²) < 4.78 is 0. The first-order valence-corrected chi connectivity index (χ1v) is 8.13. The lowest BCUT2D eigenvalue weighted by Gasteiger charge is -2.37. The smallest absolute Gasteiger partial charge is 0.0583 e. The van der Waals surface area contributed by atoms with Crippen molar-refractivity contribution in [1.29, 1.82) is 0 Å². The Hall–Kier alpha value is 0.270. The lowest BCUT2D eigenvalue weighted by molar-refractivity contribution is 0.0238. The van der Waals surface area contributed by atoms with E-state index in [-0.39, 0.29) is 6.10 Å². The zero-order chi connectivity index (χ0) is 11.4. The lowest BCUT2D eigenvalue weighted by atomic mass is 9.80. The van der Waals surface area contributed by atoms with Crippen molar-refractivity contribution in [2.24, 2.45) is 5.92 Å². The molecule has 16 heavy (non-hydrogen) atoms. The summed E-state index contributed by atoms with van der Waals surface area (Å²) in [4.78, 5) is 2.63. The van der Waals surface area contributed by atoms with E-state index in [1.54, 1.807) is 0 Å². The molecule has 1 aliphatic heterocycles. The number of hydrogen-bond donors (Lipinski definition) is 1. The molecule has 1 saturated heterocycles.